The Morgan fingerprint density at radius 1 is 1.20 bits per heavy atom. The molecule has 0 aromatic heterocycles. The summed E-state index contributed by atoms with van der Waals surface area (Å²) in [6.07, 6.45) is -4.04. The maximum absolute atomic E-state index is 12.1. The largest absolute Gasteiger partial charge is 0.573 e. The van der Waals surface area contributed by atoms with Crippen molar-refractivity contribution >= 4 is 5.91 Å². The fraction of sp³-hybridized carbons (Fsp3) is 0.562. The topological polar surface area (TPSA) is 66.0 Å². The number of alkyl halides is 3. The Hall–Kier alpha value is -2.00. The summed E-state index contributed by atoms with van der Waals surface area (Å²) in [5, 5.41) is 2.69. The lowest BCUT2D eigenvalue weighted by Crippen LogP contribution is -2.39. The molecule has 2 rings (SSSR count). The molecular weight excluding hydrogens is 343 g/mol. The van der Waals surface area contributed by atoms with Gasteiger partial charge in [0.1, 0.15) is 17.6 Å². The normalized spacial score (nSPS) is 20.8. The van der Waals surface area contributed by atoms with Gasteiger partial charge in [-0.2, -0.15) is 0 Å². The van der Waals surface area contributed by atoms with Gasteiger partial charge in [-0.3, -0.25) is 4.79 Å². The van der Waals surface area contributed by atoms with E-state index in [0.29, 0.717) is 31.9 Å². The van der Waals surface area contributed by atoms with Crippen LogP contribution in [0.1, 0.15) is 19.8 Å². The van der Waals surface area contributed by atoms with Crippen molar-refractivity contribution in [1.82, 2.24) is 5.32 Å². The first-order valence-electron chi connectivity index (χ1n) is 7.82. The number of amides is 1. The minimum atomic E-state index is -4.72. The molecule has 1 saturated heterocycles. The molecule has 1 aliphatic rings. The molecule has 25 heavy (non-hydrogen) atoms. The third kappa shape index (κ3) is 7.61. The number of nitrogens with one attached hydrogen (secondary N) is 1. The summed E-state index contributed by atoms with van der Waals surface area (Å²) < 4.78 is 56.7. The zero-order chi connectivity index (χ0) is 18.3. The Labute approximate surface area is 143 Å². The van der Waals surface area contributed by atoms with E-state index in [1.165, 1.54) is 31.2 Å². The van der Waals surface area contributed by atoms with Crippen LogP contribution in [0.25, 0.3) is 0 Å². The lowest BCUT2D eigenvalue weighted by Gasteiger charge is -2.29. The van der Waals surface area contributed by atoms with Crippen LogP contribution in [-0.4, -0.2) is 44.4 Å². The second-order valence-corrected chi connectivity index (χ2v) is 5.48. The third-order valence-electron chi connectivity index (χ3n) is 3.29. The van der Waals surface area contributed by atoms with Crippen LogP contribution in [0.5, 0.6) is 11.5 Å². The third-order valence-corrected chi connectivity index (χ3v) is 3.29. The molecule has 1 N–H and O–H groups in total. The maximum Gasteiger partial charge on any atom is 0.573 e. The number of halogens is 3. The molecule has 0 bridgehead atoms. The summed E-state index contributed by atoms with van der Waals surface area (Å²) in [6.45, 7) is 2.64. The lowest BCUT2D eigenvalue weighted by atomic mass is 10.2. The molecule has 0 spiro atoms. The molecule has 6 nitrogen and oxygen atoms in total. The Balaban J connectivity index is 1.68. The first-order chi connectivity index (χ1) is 11.8. The lowest BCUT2D eigenvalue weighted by molar-refractivity contribution is -0.274. The highest BCUT2D eigenvalue weighted by molar-refractivity contribution is 5.72. The van der Waals surface area contributed by atoms with Gasteiger partial charge in [-0.1, -0.05) is 0 Å². The van der Waals surface area contributed by atoms with E-state index in [4.69, 9.17) is 14.2 Å². The zero-order valence-corrected chi connectivity index (χ0v) is 13.7. The van der Waals surface area contributed by atoms with Gasteiger partial charge in [-0.15, -0.1) is 13.2 Å². The molecule has 140 valence electrons. The summed E-state index contributed by atoms with van der Waals surface area (Å²) in [6, 6.07) is 5.14. The molecule has 0 radical (unpaired) electrons. The van der Waals surface area contributed by atoms with Gasteiger partial charge < -0.3 is 24.3 Å². The molecule has 0 atom stereocenters. The predicted octanol–water partition coefficient (Wildman–Crippen LogP) is 2.62. The van der Waals surface area contributed by atoms with E-state index in [2.05, 4.69) is 10.1 Å². The van der Waals surface area contributed by atoms with Crippen molar-refractivity contribution < 1.29 is 36.9 Å². The van der Waals surface area contributed by atoms with E-state index >= 15 is 0 Å². The average molecular weight is 363 g/mol. The van der Waals surface area contributed by atoms with E-state index in [1.807, 2.05) is 0 Å². The van der Waals surface area contributed by atoms with Gasteiger partial charge in [-0.25, -0.2) is 0 Å². The minimum absolute atomic E-state index is 0.0782. The molecule has 1 amide bonds. The van der Waals surface area contributed by atoms with Crippen molar-refractivity contribution in [3.63, 3.8) is 0 Å². The Morgan fingerprint density at radius 3 is 2.36 bits per heavy atom. The molecular formula is C16H20F3NO5. The highest BCUT2D eigenvalue weighted by Crippen LogP contribution is 2.25. The van der Waals surface area contributed by atoms with Crippen molar-refractivity contribution in [3.8, 4) is 11.5 Å². The first-order valence-corrected chi connectivity index (χ1v) is 7.82. The number of benzene rings is 1. The van der Waals surface area contributed by atoms with Crippen LogP contribution in [-0.2, 0) is 14.3 Å². The monoisotopic (exact) mass is 363 g/mol. The van der Waals surface area contributed by atoms with E-state index in [0.717, 1.165) is 6.42 Å². The summed E-state index contributed by atoms with van der Waals surface area (Å²) >= 11 is 0. The minimum Gasteiger partial charge on any atom is -0.486 e. The second-order valence-electron chi connectivity index (χ2n) is 5.48. The number of carbonyl (C=O) groups excluding carboxylic acids is 1. The predicted molar refractivity (Wildman–Crippen MR) is 81.2 cm³/mol. The second kappa shape index (κ2) is 8.91. The van der Waals surface area contributed by atoms with E-state index in [1.54, 1.807) is 0 Å². The van der Waals surface area contributed by atoms with Crippen molar-refractivity contribution in [3.05, 3.63) is 24.3 Å². The molecule has 1 aromatic carbocycles. The zero-order valence-electron chi connectivity index (χ0n) is 13.7. The first kappa shape index (κ1) is 19.3. The van der Waals surface area contributed by atoms with Crippen molar-refractivity contribution in [2.75, 3.05) is 19.8 Å². The SMILES string of the molecule is CC(=O)NCCC[C@H]1OC[C@@H](Oc2ccc(OC(F)(F)F)cc2)CO1. The van der Waals surface area contributed by atoms with Crippen LogP contribution in [0.2, 0.25) is 0 Å². The van der Waals surface area contributed by atoms with Crippen LogP contribution in [0, 0.1) is 0 Å². The highest BCUT2D eigenvalue weighted by atomic mass is 19.4. The number of ether oxygens (including phenoxy) is 4. The molecule has 1 fully saturated rings. The van der Waals surface area contributed by atoms with Crippen molar-refractivity contribution in [1.29, 1.82) is 0 Å². The fourth-order valence-corrected chi connectivity index (χ4v) is 2.21. The van der Waals surface area contributed by atoms with Gasteiger partial charge in [0.25, 0.3) is 0 Å². The maximum atomic E-state index is 12.1. The number of hydrogen-bond donors (Lipinski definition) is 1. The summed E-state index contributed by atoms with van der Waals surface area (Å²) in [4.78, 5) is 10.7. The summed E-state index contributed by atoms with van der Waals surface area (Å²) in [5.74, 6) is 0.0108. The van der Waals surface area contributed by atoms with Crippen molar-refractivity contribution in [2.24, 2.45) is 0 Å². The Kier molecular flexibility index (Phi) is 6.89. The van der Waals surface area contributed by atoms with Crippen LogP contribution >= 0.6 is 0 Å². The molecule has 1 aliphatic heterocycles. The van der Waals surface area contributed by atoms with E-state index in [-0.39, 0.29) is 24.1 Å². The summed E-state index contributed by atoms with van der Waals surface area (Å²) in [7, 11) is 0. The molecule has 0 aliphatic carbocycles. The van der Waals surface area contributed by atoms with Gasteiger partial charge in [0.2, 0.25) is 5.91 Å². The summed E-state index contributed by atoms with van der Waals surface area (Å²) in [5.41, 5.74) is 0. The molecule has 9 heteroatoms. The smallest absolute Gasteiger partial charge is 0.486 e. The molecule has 1 aromatic rings. The van der Waals surface area contributed by atoms with E-state index in [9.17, 15) is 18.0 Å². The Bertz CT molecular complexity index is 542. The highest BCUT2D eigenvalue weighted by Gasteiger charge is 2.31. The van der Waals surface area contributed by atoms with Crippen LogP contribution in [0.15, 0.2) is 24.3 Å². The average Bonchev–Trinajstić information content (AvgIpc) is 2.53. The molecule has 0 saturated carbocycles. The number of rotatable bonds is 7. The van der Waals surface area contributed by atoms with E-state index < -0.39 is 6.36 Å². The molecule has 1 heterocycles. The van der Waals surface area contributed by atoms with Crippen LogP contribution < -0.4 is 14.8 Å². The van der Waals surface area contributed by atoms with Gasteiger partial charge in [0.15, 0.2) is 6.29 Å². The molecule has 0 unspecified atom stereocenters. The fourth-order valence-electron chi connectivity index (χ4n) is 2.21. The van der Waals surface area contributed by atoms with Crippen LogP contribution in [0.4, 0.5) is 13.2 Å². The van der Waals surface area contributed by atoms with Gasteiger partial charge in [0, 0.05) is 19.9 Å². The van der Waals surface area contributed by atoms with Gasteiger partial charge >= 0.3 is 6.36 Å². The van der Waals surface area contributed by atoms with Crippen LogP contribution in [0.3, 0.4) is 0 Å². The van der Waals surface area contributed by atoms with Crippen molar-refractivity contribution in [2.45, 2.75) is 38.5 Å². The Morgan fingerprint density at radius 2 is 1.80 bits per heavy atom. The quantitative estimate of drug-likeness (QED) is 0.755. The standard InChI is InChI=1S/C16H20F3NO5/c1-11(21)20-8-2-3-15-22-9-14(10-23-15)24-12-4-6-13(7-5-12)25-16(17,18)19/h4-7,14-15H,2-3,8-10H2,1H3,(H,20,21)/t14-,15+. The van der Waals surface area contributed by atoms with Gasteiger partial charge in [-0.05, 0) is 30.7 Å². The number of carbonyl (C=O) groups is 1. The number of hydrogen-bond acceptors (Lipinski definition) is 5. The van der Waals surface area contributed by atoms with Gasteiger partial charge in [0.05, 0.1) is 13.2 Å².